The number of sulfonamides is 1. The lowest BCUT2D eigenvalue weighted by Crippen LogP contribution is -2.36. The number of hydrogen-bond acceptors (Lipinski definition) is 3. The Kier molecular flexibility index (Phi) is 5.31. The van der Waals surface area contributed by atoms with E-state index in [-0.39, 0.29) is 14.4 Å². The van der Waals surface area contributed by atoms with Gasteiger partial charge in [-0.15, -0.1) is 0 Å². The van der Waals surface area contributed by atoms with Crippen molar-refractivity contribution in [2.45, 2.75) is 4.90 Å². The second kappa shape index (κ2) is 6.17. The Bertz CT molecular complexity index is 584. The van der Waals surface area contributed by atoms with Crippen molar-refractivity contribution in [3.8, 4) is 0 Å². The quantitative estimate of drug-likeness (QED) is 0.872. The number of amides is 1. The predicted molar refractivity (Wildman–Crippen MR) is 73.0 cm³/mol. The maximum Gasteiger partial charge on any atom is 0.243 e. The molecule has 0 radical (unpaired) electrons. The standard InChI is InChI=1S/C10H11BrClFN2O3S/c1-15(2)9(16)5-14-19(17,18)10-7(11)3-6(13)4-8(10)12/h3-4,14H,5H2,1-2H3. The van der Waals surface area contributed by atoms with E-state index in [9.17, 15) is 17.6 Å². The second-order valence-electron chi connectivity index (χ2n) is 3.81. The second-order valence-corrected chi connectivity index (χ2v) is 6.78. The molecule has 0 fully saturated rings. The van der Waals surface area contributed by atoms with Crippen LogP contribution in [0.2, 0.25) is 5.02 Å². The molecule has 0 heterocycles. The van der Waals surface area contributed by atoms with Crippen molar-refractivity contribution in [2.75, 3.05) is 20.6 Å². The molecule has 0 spiro atoms. The van der Waals surface area contributed by atoms with Crippen LogP contribution in [0.25, 0.3) is 0 Å². The minimum absolute atomic E-state index is 0.0118. The summed E-state index contributed by atoms with van der Waals surface area (Å²) in [6.45, 7) is -0.407. The molecule has 0 saturated carbocycles. The zero-order valence-corrected chi connectivity index (χ0v) is 13.2. The van der Waals surface area contributed by atoms with Crippen LogP contribution in [0.4, 0.5) is 4.39 Å². The number of nitrogens with one attached hydrogen (secondary N) is 1. The van der Waals surface area contributed by atoms with E-state index in [0.29, 0.717) is 0 Å². The molecular formula is C10H11BrClFN2O3S. The highest BCUT2D eigenvalue weighted by atomic mass is 79.9. The smallest absolute Gasteiger partial charge is 0.243 e. The number of hydrogen-bond donors (Lipinski definition) is 1. The molecule has 0 aliphatic rings. The third-order valence-electron chi connectivity index (χ3n) is 2.14. The molecule has 0 aliphatic heterocycles. The SMILES string of the molecule is CN(C)C(=O)CNS(=O)(=O)c1c(Cl)cc(F)cc1Br. The number of rotatable bonds is 4. The van der Waals surface area contributed by atoms with Crippen LogP contribution in [0.1, 0.15) is 0 Å². The van der Waals surface area contributed by atoms with Gasteiger partial charge in [-0.05, 0) is 28.1 Å². The monoisotopic (exact) mass is 372 g/mol. The van der Waals surface area contributed by atoms with Gasteiger partial charge < -0.3 is 4.90 Å². The van der Waals surface area contributed by atoms with Crippen molar-refractivity contribution in [1.82, 2.24) is 9.62 Å². The highest BCUT2D eigenvalue weighted by Gasteiger charge is 2.23. The van der Waals surface area contributed by atoms with Crippen LogP contribution in [0.15, 0.2) is 21.5 Å². The Labute approximate surface area is 123 Å². The minimum Gasteiger partial charge on any atom is -0.348 e. The van der Waals surface area contributed by atoms with E-state index in [1.54, 1.807) is 0 Å². The first kappa shape index (κ1) is 16.4. The van der Waals surface area contributed by atoms with Crippen molar-refractivity contribution < 1.29 is 17.6 Å². The average molecular weight is 374 g/mol. The molecule has 5 nitrogen and oxygen atoms in total. The molecule has 1 N–H and O–H groups in total. The predicted octanol–water partition coefficient (Wildman–Crippen LogP) is 1.61. The van der Waals surface area contributed by atoms with Crippen molar-refractivity contribution in [2.24, 2.45) is 0 Å². The number of carbonyl (C=O) groups excluding carboxylic acids is 1. The van der Waals surface area contributed by atoms with Gasteiger partial charge in [-0.1, -0.05) is 11.6 Å². The van der Waals surface area contributed by atoms with E-state index in [4.69, 9.17) is 11.6 Å². The molecule has 1 amide bonds. The molecule has 0 unspecified atom stereocenters. The van der Waals surface area contributed by atoms with Gasteiger partial charge in [0, 0.05) is 18.6 Å². The molecule has 1 aromatic rings. The maximum atomic E-state index is 13.0. The number of benzene rings is 1. The van der Waals surface area contributed by atoms with Crippen molar-refractivity contribution >= 4 is 43.5 Å². The van der Waals surface area contributed by atoms with Crippen LogP contribution in [0.5, 0.6) is 0 Å². The van der Waals surface area contributed by atoms with Gasteiger partial charge in [0.25, 0.3) is 0 Å². The summed E-state index contributed by atoms with van der Waals surface area (Å²) in [6.07, 6.45) is 0. The van der Waals surface area contributed by atoms with E-state index >= 15 is 0 Å². The van der Waals surface area contributed by atoms with Crippen LogP contribution in [0, 0.1) is 5.82 Å². The molecule has 0 bridgehead atoms. The number of likely N-dealkylation sites (N-methyl/N-ethyl adjacent to an activating group) is 1. The van der Waals surface area contributed by atoms with Gasteiger partial charge >= 0.3 is 0 Å². The first-order valence-corrected chi connectivity index (χ1v) is 7.65. The minimum atomic E-state index is -4.01. The summed E-state index contributed by atoms with van der Waals surface area (Å²) in [4.78, 5) is 12.3. The van der Waals surface area contributed by atoms with Crippen molar-refractivity contribution in [3.05, 3.63) is 27.4 Å². The lowest BCUT2D eigenvalue weighted by Gasteiger charge is -2.13. The Morgan fingerprint density at radius 2 is 2.05 bits per heavy atom. The van der Waals surface area contributed by atoms with E-state index in [1.165, 1.54) is 19.0 Å². The van der Waals surface area contributed by atoms with Gasteiger partial charge in [-0.3, -0.25) is 4.79 Å². The number of carbonyl (C=O) groups is 1. The summed E-state index contributed by atoms with van der Waals surface area (Å²) in [7, 11) is -1.02. The van der Waals surface area contributed by atoms with Gasteiger partial charge in [-0.2, -0.15) is 0 Å². The Morgan fingerprint density at radius 1 is 1.47 bits per heavy atom. The zero-order chi connectivity index (χ0) is 14.8. The lowest BCUT2D eigenvalue weighted by atomic mass is 10.3. The van der Waals surface area contributed by atoms with E-state index in [1.807, 2.05) is 0 Å². The van der Waals surface area contributed by atoms with Crippen molar-refractivity contribution in [3.63, 3.8) is 0 Å². The summed E-state index contributed by atoms with van der Waals surface area (Å²) in [5.74, 6) is -1.09. The average Bonchev–Trinajstić information content (AvgIpc) is 2.23. The molecule has 106 valence electrons. The van der Waals surface area contributed by atoms with Crippen LogP contribution in [-0.4, -0.2) is 39.9 Å². The van der Waals surface area contributed by atoms with Crippen LogP contribution in [0.3, 0.4) is 0 Å². The van der Waals surface area contributed by atoms with Gasteiger partial charge in [-0.25, -0.2) is 17.5 Å². The van der Waals surface area contributed by atoms with Gasteiger partial charge in [0.05, 0.1) is 11.6 Å². The fraction of sp³-hybridized carbons (Fsp3) is 0.300. The van der Waals surface area contributed by atoms with Gasteiger partial charge in [0.15, 0.2) is 0 Å². The molecule has 0 aromatic heterocycles. The largest absolute Gasteiger partial charge is 0.348 e. The lowest BCUT2D eigenvalue weighted by molar-refractivity contribution is -0.127. The summed E-state index contributed by atoms with van der Waals surface area (Å²) >= 11 is 8.64. The van der Waals surface area contributed by atoms with Crippen LogP contribution in [-0.2, 0) is 14.8 Å². The maximum absolute atomic E-state index is 13.0. The summed E-state index contributed by atoms with van der Waals surface area (Å²) in [5, 5.41) is -0.267. The fourth-order valence-electron chi connectivity index (χ4n) is 1.17. The highest BCUT2D eigenvalue weighted by molar-refractivity contribution is 9.10. The summed E-state index contributed by atoms with van der Waals surface area (Å²) in [5.41, 5.74) is 0. The van der Waals surface area contributed by atoms with Gasteiger partial charge in [0.2, 0.25) is 15.9 Å². The Hall–Kier alpha value is -0.700. The van der Waals surface area contributed by atoms with Crippen LogP contribution < -0.4 is 4.72 Å². The van der Waals surface area contributed by atoms with E-state index in [0.717, 1.165) is 12.1 Å². The molecule has 0 aliphatic carbocycles. The first-order valence-electron chi connectivity index (χ1n) is 4.99. The highest BCUT2D eigenvalue weighted by Crippen LogP contribution is 2.30. The third kappa shape index (κ3) is 4.13. The topological polar surface area (TPSA) is 66.5 Å². The molecule has 1 aromatic carbocycles. The van der Waals surface area contributed by atoms with Crippen LogP contribution >= 0.6 is 27.5 Å². The molecule has 0 saturated heterocycles. The third-order valence-corrected chi connectivity index (χ3v) is 4.94. The molecule has 1 rings (SSSR count). The molecule has 9 heteroatoms. The van der Waals surface area contributed by atoms with Crippen molar-refractivity contribution in [1.29, 1.82) is 0 Å². The molecule has 19 heavy (non-hydrogen) atoms. The van der Waals surface area contributed by atoms with E-state index < -0.39 is 28.3 Å². The molecular weight excluding hydrogens is 363 g/mol. The first-order chi connectivity index (χ1) is 8.65. The Balaban J connectivity index is 3.05. The molecule has 0 atom stereocenters. The number of halogens is 3. The fourth-order valence-corrected chi connectivity index (χ4v) is 3.96. The summed E-state index contributed by atoms with van der Waals surface area (Å²) < 4.78 is 39.1. The van der Waals surface area contributed by atoms with Gasteiger partial charge in [0.1, 0.15) is 10.7 Å². The zero-order valence-electron chi connectivity index (χ0n) is 10.1. The summed E-state index contributed by atoms with van der Waals surface area (Å²) in [6, 6.07) is 1.86. The number of nitrogens with zero attached hydrogens (tertiary/aromatic N) is 1. The van der Waals surface area contributed by atoms with E-state index in [2.05, 4.69) is 20.7 Å². The normalized spacial score (nSPS) is 11.4. The Morgan fingerprint density at radius 3 is 2.53 bits per heavy atom.